The van der Waals surface area contributed by atoms with E-state index < -0.39 is 17.6 Å². The number of allylic oxidation sites excluding steroid dienone is 4. The van der Waals surface area contributed by atoms with E-state index in [9.17, 15) is 18.8 Å². The smallest absolute Gasteiger partial charge is 0.262 e. The van der Waals surface area contributed by atoms with Gasteiger partial charge in [0.25, 0.3) is 5.91 Å². The number of carbonyl (C=O) groups excluding carboxylic acids is 3. The van der Waals surface area contributed by atoms with Gasteiger partial charge >= 0.3 is 0 Å². The lowest BCUT2D eigenvalue weighted by Crippen LogP contribution is -2.36. The Hall–Kier alpha value is -3.45. The molecular formula is C27H24ClFN2O4. The fourth-order valence-corrected chi connectivity index (χ4v) is 5.25. The molecule has 8 heteroatoms. The minimum Gasteiger partial charge on any atom is -0.482 e. The number of nitrogens with one attached hydrogen (secondary N) is 2. The summed E-state index contributed by atoms with van der Waals surface area (Å²) in [6.07, 6.45) is 4.07. The van der Waals surface area contributed by atoms with Gasteiger partial charge in [0.15, 0.2) is 18.2 Å². The van der Waals surface area contributed by atoms with Crippen molar-refractivity contribution in [2.45, 2.75) is 44.4 Å². The molecule has 0 atom stereocenters. The first-order valence-corrected chi connectivity index (χ1v) is 12.1. The minimum atomic E-state index is -0.449. The molecule has 0 radical (unpaired) electrons. The highest BCUT2D eigenvalue weighted by Crippen LogP contribution is 2.46. The highest BCUT2D eigenvalue weighted by Gasteiger charge is 2.40. The molecule has 0 unspecified atom stereocenters. The Bertz CT molecular complexity index is 1240. The van der Waals surface area contributed by atoms with Gasteiger partial charge in [0.05, 0.1) is 5.02 Å². The molecule has 0 saturated carbocycles. The van der Waals surface area contributed by atoms with Gasteiger partial charge < -0.3 is 15.4 Å². The molecule has 6 nitrogen and oxygen atoms in total. The maximum atomic E-state index is 13.0. The molecule has 180 valence electrons. The zero-order chi connectivity index (χ0) is 24.5. The number of ketones is 2. The maximum Gasteiger partial charge on any atom is 0.262 e. The van der Waals surface area contributed by atoms with Crippen molar-refractivity contribution in [3.63, 3.8) is 0 Å². The van der Waals surface area contributed by atoms with Gasteiger partial charge in [-0.3, -0.25) is 14.4 Å². The van der Waals surface area contributed by atoms with Crippen molar-refractivity contribution in [1.29, 1.82) is 0 Å². The highest BCUT2D eigenvalue weighted by molar-refractivity contribution is 6.32. The van der Waals surface area contributed by atoms with Crippen molar-refractivity contribution in [3.8, 4) is 5.75 Å². The van der Waals surface area contributed by atoms with Crippen LogP contribution in [0.3, 0.4) is 0 Å². The number of dihydropyridines is 1. The number of rotatable bonds is 5. The molecule has 0 fully saturated rings. The molecule has 1 amide bonds. The molecule has 1 heterocycles. The van der Waals surface area contributed by atoms with Crippen LogP contribution in [0.5, 0.6) is 5.75 Å². The molecular weight excluding hydrogens is 471 g/mol. The number of halogens is 2. The summed E-state index contributed by atoms with van der Waals surface area (Å²) >= 11 is 6.52. The normalized spacial score (nSPS) is 18.1. The number of ether oxygens (including phenoxy) is 1. The summed E-state index contributed by atoms with van der Waals surface area (Å²) < 4.78 is 18.6. The Morgan fingerprint density at radius 1 is 0.971 bits per heavy atom. The van der Waals surface area contributed by atoms with Crippen LogP contribution in [0.15, 0.2) is 65.0 Å². The molecule has 0 spiro atoms. The van der Waals surface area contributed by atoms with E-state index in [0.29, 0.717) is 35.4 Å². The van der Waals surface area contributed by atoms with Crippen molar-refractivity contribution in [2.75, 3.05) is 11.9 Å². The molecule has 0 bridgehead atoms. The quantitative estimate of drug-likeness (QED) is 0.597. The van der Waals surface area contributed by atoms with Crippen molar-refractivity contribution < 1.29 is 23.5 Å². The molecule has 2 N–H and O–H groups in total. The summed E-state index contributed by atoms with van der Waals surface area (Å²) in [6.45, 7) is -0.286. The van der Waals surface area contributed by atoms with E-state index in [0.717, 1.165) is 42.6 Å². The lowest BCUT2D eigenvalue weighted by Gasteiger charge is -2.37. The predicted molar refractivity (Wildman–Crippen MR) is 130 cm³/mol. The first-order valence-electron chi connectivity index (χ1n) is 11.7. The Labute approximate surface area is 207 Å². The number of benzene rings is 2. The second-order valence-corrected chi connectivity index (χ2v) is 9.34. The van der Waals surface area contributed by atoms with Crippen molar-refractivity contribution in [2.24, 2.45) is 0 Å². The average Bonchev–Trinajstić information content (AvgIpc) is 2.84. The molecule has 0 saturated heterocycles. The van der Waals surface area contributed by atoms with Crippen LogP contribution in [-0.2, 0) is 14.4 Å². The monoisotopic (exact) mass is 494 g/mol. The summed E-state index contributed by atoms with van der Waals surface area (Å²) in [7, 11) is 0. The molecule has 2 aromatic carbocycles. The Morgan fingerprint density at radius 3 is 2.20 bits per heavy atom. The van der Waals surface area contributed by atoms with Crippen LogP contribution in [0, 0.1) is 5.82 Å². The number of Topliss-reactive ketones (excluding diaryl/α,β-unsaturated/α-hetero) is 2. The Morgan fingerprint density at radius 2 is 1.60 bits per heavy atom. The maximum absolute atomic E-state index is 13.0. The first-order chi connectivity index (χ1) is 16.9. The van der Waals surface area contributed by atoms with Crippen molar-refractivity contribution >= 4 is 34.8 Å². The highest BCUT2D eigenvalue weighted by atomic mass is 35.5. The van der Waals surface area contributed by atoms with Gasteiger partial charge in [-0.15, -0.1) is 0 Å². The fraction of sp³-hybridized carbons (Fsp3) is 0.296. The summed E-state index contributed by atoms with van der Waals surface area (Å²) in [5, 5.41) is 6.30. The van der Waals surface area contributed by atoms with E-state index in [1.54, 1.807) is 18.2 Å². The molecule has 0 aromatic heterocycles. The van der Waals surface area contributed by atoms with Crippen LogP contribution in [0.25, 0.3) is 0 Å². The SMILES string of the molecule is O=C(COc1ccc(C2C3=C(CCCC3=O)NC3=C2C(=O)CCC3)cc1Cl)Nc1ccc(F)cc1. The third-order valence-corrected chi connectivity index (χ3v) is 6.86. The number of amides is 1. The van der Waals surface area contributed by atoms with Gasteiger partial charge in [-0.1, -0.05) is 17.7 Å². The van der Waals surface area contributed by atoms with Gasteiger partial charge in [-0.2, -0.15) is 0 Å². The second-order valence-electron chi connectivity index (χ2n) is 8.93. The number of carbonyl (C=O) groups is 3. The van der Waals surface area contributed by atoms with Crippen LogP contribution >= 0.6 is 11.6 Å². The van der Waals surface area contributed by atoms with Crippen LogP contribution in [0.1, 0.15) is 50.0 Å². The zero-order valence-electron chi connectivity index (χ0n) is 19.0. The third-order valence-electron chi connectivity index (χ3n) is 6.57. The standard InChI is InChI=1S/C27H24ClFN2O4/c28-18-13-15(7-12-23(18)35-14-24(34)30-17-10-8-16(29)9-11-17)25-26-19(3-1-5-21(26)32)31-20-4-2-6-22(33)27(20)25/h7-13,25,31H,1-6,14H2,(H,30,34). The molecule has 2 aliphatic carbocycles. The van der Waals surface area contributed by atoms with Crippen molar-refractivity contribution in [1.82, 2.24) is 5.32 Å². The van der Waals surface area contributed by atoms with Gasteiger partial charge in [0.1, 0.15) is 11.6 Å². The molecule has 3 aliphatic rings. The Kier molecular flexibility index (Phi) is 6.43. The topological polar surface area (TPSA) is 84.5 Å². The van der Waals surface area contributed by atoms with Crippen LogP contribution in [0.2, 0.25) is 5.02 Å². The predicted octanol–water partition coefficient (Wildman–Crippen LogP) is 5.20. The largest absolute Gasteiger partial charge is 0.482 e. The molecule has 5 rings (SSSR count). The van der Waals surface area contributed by atoms with Crippen LogP contribution in [-0.4, -0.2) is 24.1 Å². The van der Waals surface area contributed by atoms with Crippen LogP contribution < -0.4 is 15.4 Å². The van der Waals surface area contributed by atoms with E-state index in [-0.39, 0.29) is 23.2 Å². The van der Waals surface area contributed by atoms with Crippen molar-refractivity contribution in [3.05, 3.63) is 81.4 Å². The number of anilines is 1. The number of hydrogen-bond acceptors (Lipinski definition) is 5. The van der Waals surface area contributed by atoms with E-state index in [2.05, 4.69) is 10.6 Å². The van der Waals surface area contributed by atoms with E-state index in [1.165, 1.54) is 24.3 Å². The molecule has 2 aromatic rings. The lowest BCUT2D eigenvalue weighted by molar-refractivity contribution is -0.118. The van der Waals surface area contributed by atoms with E-state index in [4.69, 9.17) is 16.3 Å². The third kappa shape index (κ3) is 4.73. The van der Waals surface area contributed by atoms with Gasteiger partial charge in [-0.05, 0) is 67.6 Å². The minimum absolute atomic E-state index is 0.0580. The molecule has 35 heavy (non-hydrogen) atoms. The lowest BCUT2D eigenvalue weighted by atomic mass is 9.71. The summed E-state index contributed by atoms with van der Waals surface area (Å²) in [5.74, 6) is -0.830. The fourth-order valence-electron chi connectivity index (χ4n) is 5.00. The van der Waals surface area contributed by atoms with E-state index in [1.807, 2.05) is 0 Å². The van der Waals surface area contributed by atoms with Gasteiger partial charge in [0.2, 0.25) is 0 Å². The molecule has 1 aliphatic heterocycles. The summed E-state index contributed by atoms with van der Waals surface area (Å²) in [4.78, 5) is 38.1. The summed E-state index contributed by atoms with van der Waals surface area (Å²) in [5.41, 5.74) is 4.35. The summed E-state index contributed by atoms with van der Waals surface area (Å²) in [6, 6.07) is 10.6. The Balaban J connectivity index is 1.37. The number of hydrogen-bond donors (Lipinski definition) is 2. The van der Waals surface area contributed by atoms with E-state index >= 15 is 0 Å². The van der Waals surface area contributed by atoms with Crippen LogP contribution in [0.4, 0.5) is 10.1 Å². The van der Waals surface area contributed by atoms with Gasteiger partial charge in [-0.25, -0.2) is 4.39 Å². The zero-order valence-corrected chi connectivity index (χ0v) is 19.7. The second kappa shape index (κ2) is 9.66. The average molecular weight is 495 g/mol. The first kappa shape index (κ1) is 23.3. The van der Waals surface area contributed by atoms with Gasteiger partial charge in [0, 0.05) is 47.0 Å².